The van der Waals surface area contributed by atoms with Gasteiger partial charge in [0.25, 0.3) is 0 Å². The van der Waals surface area contributed by atoms with Gasteiger partial charge in [0.05, 0.1) is 0 Å². The largest absolute Gasteiger partial charge is 0.462 e. The second-order valence-electron chi connectivity index (χ2n) is 19.5. The number of hydrogen-bond donors (Lipinski definition) is 0. The van der Waals surface area contributed by atoms with Crippen LogP contribution in [0.15, 0.2) is 134 Å². The SMILES string of the molecule is CC/C=C\C/C=C\C/C=C\C/C=C\C/C=C\C/C=C\CCCCC(=O)OC(COC(=O)CCCCCCC/C=C\CCCCC)COC(=O)CCCCCCCCCCCC/C=C\C/C=C\C/C=C\C/C=C\CC. The summed E-state index contributed by atoms with van der Waals surface area (Å²) in [5.41, 5.74) is 0. The first kappa shape index (κ1) is 69.5. The third-order valence-corrected chi connectivity index (χ3v) is 12.4. The van der Waals surface area contributed by atoms with Crippen LogP contribution in [0.25, 0.3) is 0 Å². The molecule has 0 bridgehead atoms. The van der Waals surface area contributed by atoms with Crippen LogP contribution < -0.4 is 0 Å². The van der Waals surface area contributed by atoms with E-state index in [4.69, 9.17) is 14.2 Å². The molecule has 0 radical (unpaired) electrons. The van der Waals surface area contributed by atoms with Crippen molar-refractivity contribution in [2.24, 2.45) is 0 Å². The maximum atomic E-state index is 12.9. The average molecular weight is 1020 g/mol. The number of hydrogen-bond acceptors (Lipinski definition) is 6. The number of unbranched alkanes of at least 4 members (excludes halogenated alkanes) is 20. The Morgan fingerprint density at radius 1 is 0.284 bits per heavy atom. The van der Waals surface area contributed by atoms with Gasteiger partial charge in [0, 0.05) is 19.3 Å². The molecule has 74 heavy (non-hydrogen) atoms. The molecule has 0 fully saturated rings. The van der Waals surface area contributed by atoms with E-state index < -0.39 is 6.10 Å². The van der Waals surface area contributed by atoms with Crippen molar-refractivity contribution in [1.82, 2.24) is 0 Å². The van der Waals surface area contributed by atoms with Gasteiger partial charge in [-0.3, -0.25) is 14.4 Å². The minimum atomic E-state index is -0.812. The third kappa shape index (κ3) is 58.4. The molecule has 0 saturated carbocycles. The summed E-state index contributed by atoms with van der Waals surface area (Å²) in [5.74, 6) is -0.963. The van der Waals surface area contributed by atoms with Crippen LogP contribution >= 0.6 is 0 Å². The molecule has 0 aromatic carbocycles. The van der Waals surface area contributed by atoms with E-state index in [2.05, 4.69) is 154 Å². The summed E-state index contributed by atoms with van der Waals surface area (Å²) < 4.78 is 16.8. The maximum absolute atomic E-state index is 12.9. The lowest BCUT2D eigenvalue weighted by atomic mass is 10.1. The molecule has 0 spiro atoms. The van der Waals surface area contributed by atoms with E-state index in [9.17, 15) is 14.4 Å². The van der Waals surface area contributed by atoms with Crippen LogP contribution in [0.3, 0.4) is 0 Å². The van der Waals surface area contributed by atoms with Crippen LogP contribution in [-0.4, -0.2) is 37.2 Å². The fourth-order valence-corrected chi connectivity index (χ4v) is 7.90. The van der Waals surface area contributed by atoms with E-state index in [0.29, 0.717) is 19.3 Å². The molecule has 0 heterocycles. The predicted octanol–water partition coefficient (Wildman–Crippen LogP) is 20.6. The van der Waals surface area contributed by atoms with Gasteiger partial charge in [-0.25, -0.2) is 0 Å². The van der Waals surface area contributed by atoms with E-state index in [-0.39, 0.29) is 37.5 Å². The second kappa shape index (κ2) is 61.1. The molecule has 0 N–H and O–H groups in total. The lowest BCUT2D eigenvalue weighted by Gasteiger charge is -2.18. The summed E-state index contributed by atoms with van der Waals surface area (Å²) in [6, 6.07) is 0. The molecule has 0 aliphatic heterocycles. The van der Waals surface area contributed by atoms with Crippen molar-refractivity contribution in [2.75, 3.05) is 13.2 Å². The molecule has 0 aromatic heterocycles. The first-order chi connectivity index (χ1) is 36.5. The highest BCUT2D eigenvalue weighted by atomic mass is 16.6. The Labute approximate surface area is 455 Å². The highest BCUT2D eigenvalue weighted by molar-refractivity contribution is 5.71. The summed E-state index contributed by atoms with van der Waals surface area (Å²) in [7, 11) is 0. The number of allylic oxidation sites excluding steroid dienone is 22. The number of esters is 3. The Balaban J connectivity index is 4.44. The molecule has 0 saturated heterocycles. The van der Waals surface area contributed by atoms with Crippen molar-refractivity contribution in [3.8, 4) is 0 Å². The van der Waals surface area contributed by atoms with Crippen LogP contribution in [0.4, 0.5) is 0 Å². The van der Waals surface area contributed by atoms with Gasteiger partial charge in [0.15, 0.2) is 6.10 Å². The fourth-order valence-electron chi connectivity index (χ4n) is 7.90. The van der Waals surface area contributed by atoms with Crippen molar-refractivity contribution in [3.05, 3.63) is 134 Å². The van der Waals surface area contributed by atoms with E-state index in [0.717, 1.165) is 128 Å². The van der Waals surface area contributed by atoms with Gasteiger partial charge in [-0.05, 0) is 135 Å². The van der Waals surface area contributed by atoms with E-state index in [1.165, 1.54) is 83.5 Å². The van der Waals surface area contributed by atoms with Gasteiger partial charge in [-0.15, -0.1) is 0 Å². The van der Waals surface area contributed by atoms with Gasteiger partial charge < -0.3 is 14.2 Å². The number of rotatable bonds is 53. The molecule has 6 nitrogen and oxygen atoms in total. The number of carbonyl (C=O) groups excluding carboxylic acids is 3. The summed E-state index contributed by atoms with van der Waals surface area (Å²) in [4.78, 5) is 38.2. The molecule has 418 valence electrons. The Morgan fingerprint density at radius 2 is 0.527 bits per heavy atom. The van der Waals surface area contributed by atoms with Crippen molar-refractivity contribution >= 4 is 17.9 Å². The van der Waals surface area contributed by atoms with E-state index >= 15 is 0 Å². The Kier molecular flexibility index (Phi) is 57.4. The highest BCUT2D eigenvalue weighted by Crippen LogP contribution is 2.14. The summed E-state index contributed by atoms with van der Waals surface area (Å²) >= 11 is 0. The van der Waals surface area contributed by atoms with Crippen LogP contribution in [-0.2, 0) is 28.6 Å². The minimum Gasteiger partial charge on any atom is -0.462 e. The molecule has 0 aliphatic carbocycles. The highest BCUT2D eigenvalue weighted by Gasteiger charge is 2.19. The number of carbonyl (C=O) groups is 3. The second-order valence-corrected chi connectivity index (χ2v) is 19.5. The molecule has 1 unspecified atom stereocenters. The van der Waals surface area contributed by atoms with Crippen LogP contribution in [0.5, 0.6) is 0 Å². The smallest absolute Gasteiger partial charge is 0.306 e. The minimum absolute atomic E-state index is 0.104. The van der Waals surface area contributed by atoms with Crippen LogP contribution in [0.1, 0.15) is 258 Å². The Morgan fingerprint density at radius 3 is 0.865 bits per heavy atom. The lowest BCUT2D eigenvalue weighted by molar-refractivity contribution is -0.167. The summed E-state index contributed by atoms with van der Waals surface area (Å²) in [6.45, 7) is 6.34. The van der Waals surface area contributed by atoms with Crippen molar-refractivity contribution in [3.63, 3.8) is 0 Å². The van der Waals surface area contributed by atoms with E-state index in [1.54, 1.807) is 0 Å². The Bertz CT molecular complexity index is 1600. The zero-order valence-electron chi connectivity index (χ0n) is 47.8. The topological polar surface area (TPSA) is 78.9 Å². The van der Waals surface area contributed by atoms with Crippen molar-refractivity contribution in [1.29, 1.82) is 0 Å². The maximum Gasteiger partial charge on any atom is 0.306 e. The Hall–Kier alpha value is -4.45. The first-order valence-electron chi connectivity index (χ1n) is 30.2. The van der Waals surface area contributed by atoms with Gasteiger partial charge in [-0.1, -0.05) is 238 Å². The standard InChI is InChI=1S/C68H110O6/c1-4-7-10-13-16-19-22-25-27-29-31-33-34-36-37-39-41-43-46-49-52-55-58-61-67(70)73-64-65(63-72-66(69)60-57-54-51-48-45-24-21-18-15-12-9-6-3)74-68(71)62-59-56-53-50-47-44-42-40-38-35-32-30-28-26-23-20-17-14-11-8-5-2/h7-8,10-11,16-21,25-28,31-33,35,40,42,47,50,65H,4-6,9,12-15,22-24,29-30,34,36-39,41,43-46,48-49,51-64H2,1-3H3/b10-7-,11-8-,19-16-,20-17-,21-18-,27-25-,28-26-,33-31-,35-32-,42-40-,50-47-. The normalized spacial score (nSPS) is 13.1. The van der Waals surface area contributed by atoms with Crippen molar-refractivity contribution < 1.29 is 28.6 Å². The summed E-state index contributed by atoms with van der Waals surface area (Å²) in [6.07, 6.45) is 85.9. The molecule has 6 heteroatoms. The quantitative estimate of drug-likeness (QED) is 0.0261. The zero-order valence-corrected chi connectivity index (χ0v) is 47.8. The lowest BCUT2D eigenvalue weighted by Crippen LogP contribution is -2.30. The molecular formula is C68H110O6. The van der Waals surface area contributed by atoms with Gasteiger partial charge >= 0.3 is 17.9 Å². The molecule has 0 aromatic rings. The van der Waals surface area contributed by atoms with Gasteiger partial charge in [0.1, 0.15) is 13.2 Å². The fraction of sp³-hybridized carbons (Fsp3) is 0.632. The van der Waals surface area contributed by atoms with Crippen LogP contribution in [0.2, 0.25) is 0 Å². The van der Waals surface area contributed by atoms with Gasteiger partial charge in [-0.2, -0.15) is 0 Å². The average Bonchev–Trinajstić information content (AvgIpc) is 3.40. The summed E-state index contributed by atoms with van der Waals surface area (Å²) in [5, 5.41) is 0. The third-order valence-electron chi connectivity index (χ3n) is 12.4. The van der Waals surface area contributed by atoms with Crippen molar-refractivity contribution in [2.45, 2.75) is 264 Å². The molecule has 0 amide bonds. The van der Waals surface area contributed by atoms with E-state index in [1.807, 2.05) is 0 Å². The monoisotopic (exact) mass is 1020 g/mol. The van der Waals surface area contributed by atoms with Gasteiger partial charge in [0.2, 0.25) is 0 Å². The predicted molar refractivity (Wildman–Crippen MR) is 320 cm³/mol. The molecule has 0 rings (SSSR count). The molecule has 1 atom stereocenters. The zero-order chi connectivity index (χ0) is 53.6. The first-order valence-corrected chi connectivity index (χ1v) is 30.2. The number of ether oxygens (including phenoxy) is 3. The molecular weight excluding hydrogens is 913 g/mol. The van der Waals surface area contributed by atoms with Crippen LogP contribution in [0, 0.1) is 0 Å². The molecule has 0 aliphatic rings.